The number of nitrogens with one attached hydrogen (secondary N) is 1. The highest BCUT2D eigenvalue weighted by molar-refractivity contribution is 8.00. The van der Waals surface area contributed by atoms with Crippen LogP contribution in [0.15, 0.2) is 23.1 Å². The van der Waals surface area contributed by atoms with Gasteiger partial charge in [0.25, 0.3) is 0 Å². The van der Waals surface area contributed by atoms with Crippen LogP contribution in [0.1, 0.15) is 24.0 Å². The molecule has 0 aromatic heterocycles. The molecule has 7 heteroatoms. The highest BCUT2D eigenvalue weighted by Gasteiger charge is 2.37. The molecule has 2 saturated heterocycles. The standard InChI is InChI=1S/C19H26N2O3S2/c22-19(13-25-18-5-4-15-2-1-3-16(15)12-18)21-9-7-20(8-10-21)17-6-11-26(23,24)14-17/h4-5,12,17H,1-3,6-11,13-14H2/p+1/t17-/m0/s1. The number of amides is 1. The van der Waals surface area contributed by atoms with Gasteiger partial charge < -0.3 is 9.80 Å². The van der Waals surface area contributed by atoms with Gasteiger partial charge in [-0.15, -0.1) is 11.8 Å². The van der Waals surface area contributed by atoms with Crippen LogP contribution < -0.4 is 4.90 Å². The van der Waals surface area contributed by atoms with E-state index in [1.54, 1.807) is 11.8 Å². The van der Waals surface area contributed by atoms with Gasteiger partial charge in [-0.1, -0.05) is 6.07 Å². The van der Waals surface area contributed by atoms with E-state index >= 15 is 0 Å². The van der Waals surface area contributed by atoms with E-state index in [1.807, 2.05) is 4.90 Å². The van der Waals surface area contributed by atoms with E-state index in [2.05, 4.69) is 18.2 Å². The normalized spacial score (nSPS) is 25.4. The molecule has 1 atom stereocenters. The summed E-state index contributed by atoms with van der Waals surface area (Å²) in [7, 11) is -2.82. The number of quaternary nitrogens is 1. The third-order valence-corrected chi connectivity index (χ3v) is 8.75. The van der Waals surface area contributed by atoms with Crippen LogP contribution in [0.25, 0.3) is 0 Å². The van der Waals surface area contributed by atoms with Gasteiger partial charge in [0.1, 0.15) is 11.8 Å². The zero-order valence-corrected chi connectivity index (χ0v) is 16.7. The Hall–Kier alpha value is -1.05. The van der Waals surface area contributed by atoms with Crippen LogP contribution in [0.4, 0.5) is 0 Å². The summed E-state index contributed by atoms with van der Waals surface area (Å²) >= 11 is 1.64. The molecular weight excluding hydrogens is 368 g/mol. The minimum Gasteiger partial charge on any atom is -0.331 e. The fraction of sp³-hybridized carbons (Fsp3) is 0.632. The maximum atomic E-state index is 12.5. The summed E-state index contributed by atoms with van der Waals surface area (Å²) in [6, 6.07) is 6.85. The summed E-state index contributed by atoms with van der Waals surface area (Å²) in [5.74, 6) is 1.35. The molecule has 2 fully saturated rings. The third kappa shape index (κ3) is 4.10. The van der Waals surface area contributed by atoms with Gasteiger partial charge in [0.05, 0.1) is 37.7 Å². The number of carbonyl (C=O) groups excluding carboxylic acids is 1. The molecule has 4 rings (SSSR count). The molecule has 0 radical (unpaired) electrons. The van der Waals surface area contributed by atoms with Gasteiger partial charge in [-0.25, -0.2) is 8.42 Å². The minimum atomic E-state index is -2.82. The van der Waals surface area contributed by atoms with Gasteiger partial charge in [0, 0.05) is 11.3 Å². The lowest BCUT2D eigenvalue weighted by atomic mass is 10.1. The highest BCUT2D eigenvalue weighted by atomic mass is 32.2. The number of carbonyl (C=O) groups is 1. The van der Waals surface area contributed by atoms with Gasteiger partial charge >= 0.3 is 0 Å². The molecule has 26 heavy (non-hydrogen) atoms. The van der Waals surface area contributed by atoms with E-state index in [0.717, 1.165) is 32.6 Å². The number of sulfone groups is 1. The van der Waals surface area contributed by atoms with E-state index in [-0.39, 0.29) is 11.9 Å². The number of hydrogen-bond acceptors (Lipinski definition) is 4. The number of piperazine rings is 1. The second kappa shape index (κ2) is 7.52. The van der Waals surface area contributed by atoms with Gasteiger partial charge in [0.2, 0.25) is 5.91 Å². The smallest absolute Gasteiger partial charge is 0.233 e. The van der Waals surface area contributed by atoms with Gasteiger partial charge in [-0.05, 0) is 42.5 Å². The number of thioether (sulfide) groups is 1. The summed E-state index contributed by atoms with van der Waals surface area (Å²) in [6.45, 7) is 3.23. The third-order valence-electron chi connectivity index (χ3n) is 6.00. The minimum absolute atomic E-state index is 0.202. The summed E-state index contributed by atoms with van der Waals surface area (Å²) in [6.07, 6.45) is 4.38. The van der Waals surface area contributed by atoms with Crippen molar-refractivity contribution in [3.05, 3.63) is 29.3 Å². The van der Waals surface area contributed by atoms with Gasteiger partial charge in [-0.2, -0.15) is 0 Å². The lowest BCUT2D eigenvalue weighted by Gasteiger charge is -2.35. The van der Waals surface area contributed by atoms with Crippen LogP contribution in [-0.2, 0) is 27.5 Å². The molecule has 3 aliphatic rings. The zero-order chi connectivity index (χ0) is 18.1. The van der Waals surface area contributed by atoms with Crippen LogP contribution in [0, 0.1) is 0 Å². The average molecular weight is 396 g/mol. The van der Waals surface area contributed by atoms with Crippen molar-refractivity contribution in [2.75, 3.05) is 43.4 Å². The average Bonchev–Trinajstić information content (AvgIpc) is 3.25. The Bertz CT molecular complexity index is 786. The summed E-state index contributed by atoms with van der Waals surface area (Å²) in [5.41, 5.74) is 2.92. The molecule has 1 aromatic rings. The molecule has 2 aliphatic heterocycles. The fourth-order valence-electron chi connectivity index (χ4n) is 4.44. The Morgan fingerprint density at radius 1 is 1.19 bits per heavy atom. The van der Waals surface area contributed by atoms with Gasteiger partial charge in [0.15, 0.2) is 9.84 Å². The summed E-state index contributed by atoms with van der Waals surface area (Å²) in [5, 5.41) is 0. The molecule has 0 bridgehead atoms. The Morgan fingerprint density at radius 2 is 1.96 bits per heavy atom. The maximum Gasteiger partial charge on any atom is 0.233 e. The topological polar surface area (TPSA) is 58.9 Å². The van der Waals surface area contributed by atoms with E-state index < -0.39 is 9.84 Å². The van der Waals surface area contributed by atoms with E-state index in [0.29, 0.717) is 17.3 Å². The number of benzene rings is 1. The molecule has 1 N–H and O–H groups in total. The zero-order valence-electron chi connectivity index (χ0n) is 15.1. The summed E-state index contributed by atoms with van der Waals surface area (Å²) < 4.78 is 23.3. The molecule has 5 nitrogen and oxygen atoms in total. The van der Waals surface area contributed by atoms with Crippen LogP contribution >= 0.6 is 11.8 Å². The van der Waals surface area contributed by atoms with Crippen molar-refractivity contribution in [1.29, 1.82) is 0 Å². The predicted molar refractivity (Wildman–Crippen MR) is 104 cm³/mol. The lowest BCUT2D eigenvalue weighted by Crippen LogP contribution is -3.18. The first-order valence-corrected chi connectivity index (χ1v) is 12.4. The molecule has 0 saturated carbocycles. The van der Waals surface area contributed by atoms with Crippen LogP contribution in [-0.4, -0.2) is 68.7 Å². The first kappa shape index (κ1) is 18.3. The Balaban J connectivity index is 1.25. The van der Waals surface area contributed by atoms with Crippen LogP contribution in [0.3, 0.4) is 0 Å². The molecule has 0 unspecified atom stereocenters. The van der Waals surface area contributed by atoms with Crippen molar-refractivity contribution < 1.29 is 18.1 Å². The number of rotatable bonds is 4. The van der Waals surface area contributed by atoms with Crippen LogP contribution in [0.2, 0.25) is 0 Å². The lowest BCUT2D eigenvalue weighted by molar-refractivity contribution is -0.925. The molecule has 1 amide bonds. The largest absolute Gasteiger partial charge is 0.331 e. The van der Waals surface area contributed by atoms with Gasteiger partial charge in [-0.3, -0.25) is 4.79 Å². The quantitative estimate of drug-likeness (QED) is 0.739. The van der Waals surface area contributed by atoms with Crippen molar-refractivity contribution in [1.82, 2.24) is 4.90 Å². The predicted octanol–water partition coefficient (Wildman–Crippen LogP) is 0.182. The SMILES string of the molecule is O=C(CSc1ccc2c(c1)CCC2)N1CC[NH+]([C@H]2CCS(=O)(=O)C2)CC1. The number of fused-ring (bicyclic) bond motifs is 1. The molecule has 1 aliphatic carbocycles. The molecular formula is C19H27N2O3S2+. The van der Waals surface area contributed by atoms with E-state index in [4.69, 9.17) is 0 Å². The molecule has 1 aromatic carbocycles. The molecule has 142 valence electrons. The fourth-order valence-corrected chi connectivity index (χ4v) is 7.13. The Kier molecular flexibility index (Phi) is 5.30. The maximum absolute atomic E-state index is 12.5. The van der Waals surface area contributed by atoms with Crippen molar-refractivity contribution >= 4 is 27.5 Å². The van der Waals surface area contributed by atoms with Crippen molar-refractivity contribution in [2.45, 2.75) is 36.6 Å². The Labute approximate surface area is 160 Å². The van der Waals surface area contributed by atoms with Crippen molar-refractivity contribution in [2.24, 2.45) is 0 Å². The first-order chi connectivity index (χ1) is 12.5. The second-order valence-electron chi connectivity index (χ2n) is 7.71. The number of hydrogen-bond donors (Lipinski definition) is 1. The van der Waals surface area contributed by atoms with Crippen LogP contribution in [0.5, 0.6) is 0 Å². The first-order valence-electron chi connectivity index (χ1n) is 9.57. The van der Waals surface area contributed by atoms with Crippen molar-refractivity contribution in [3.8, 4) is 0 Å². The second-order valence-corrected chi connectivity index (χ2v) is 11.0. The van der Waals surface area contributed by atoms with E-state index in [9.17, 15) is 13.2 Å². The number of nitrogens with zero attached hydrogens (tertiary/aromatic N) is 1. The monoisotopic (exact) mass is 395 g/mol. The molecule has 2 heterocycles. The highest BCUT2D eigenvalue weighted by Crippen LogP contribution is 2.27. The van der Waals surface area contributed by atoms with Crippen molar-refractivity contribution in [3.63, 3.8) is 0 Å². The Morgan fingerprint density at radius 3 is 2.69 bits per heavy atom. The molecule has 0 spiro atoms. The van der Waals surface area contributed by atoms with E-state index in [1.165, 1.54) is 40.2 Å². The number of aryl methyl sites for hydroxylation is 2. The summed E-state index contributed by atoms with van der Waals surface area (Å²) in [4.78, 5) is 17.0.